The van der Waals surface area contributed by atoms with Crippen LogP contribution < -0.4 is 5.73 Å². The van der Waals surface area contributed by atoms with Gasteiger partial charge in [0, 0.05) is 6.42 Å². The second-order valence-electron chi connectivity index (χ2n) is 7.48. The van der Waals surface area contributed by atoms with Crippen molar-refractivity contribution in [2.75, 3.05) is 6.61 Å². The van der Waals surface area contributed by atoms with Crippen molar-refractivity contribution in [1.82, 2.24) is 0 Å². The van der Waals surface area contributed by atoms with Gasteiger partial charge in [0.25, 0.3) is 0 Å². The van der Waals surface area contributed by atoms with Crippen LogP contribution in [0.25, 0.3) is 0 Å². The Morgan fingerprint density at radius 3 is 2.27 bits per heavy atom. The van der Waals surface area contributed by atoms with Crippen LogP contribution in [0.2, 0.25) is 0 Å². The van der Waals surface area contributed by atoms with Crippen LogP contribution in [-0.4, -0.2) is 63.3 Å². The average molecular weight is 466 g/mol. The number of carboxylic acid groups (broad SMARTS) is 2. The molecule has 0 radical (unpaired) electrons. The molecule has 8 nitrogen and oxygen atoms in total. The van der Waals surface area contributed by atoms with Crippen LogP contribution in [0.1, 0.15) is 51.9 Å². The van der Waals surface area contributed by atoms with E-state index in [1.807, 2.05) is 37.3 Å². The first kappa shape index (κ1) is 30.5. The molecule has 8 heteroatoms. The number of aliphatic carboxylic acids is 2. The van der Waals surface area contributed by atoms with Gasteiger partial charge < -0.3 is 30.9 Å². The van der Waals surface area contributed by atoms with Gasteiger partial charge in [0.15, 0.2) is 0 Å². The predicted octanol–water partition coefficient (Wildman–Crippen LogP) is 3.12. The largest absolute Gasteiger partial charge is 0.481 e. The number of carboxylic acids is 2. The SMILES string of the molecule is CC/C=C\CC(O)/C=C/C=C\C=C\CCC(OCC(N)C(=O)O)[C@H](O)C/C=C\CCC(=O)O. The third-order valence-corrected chi connectivity index (χ3v) is 4.51. The zero-order valence-corrected chi connectivity index (χ0v) is 19.3. The van der Waals surface area contributed by atoms with Gasteiger partial charge in [-0.05, 0) is 38.5 Å². The third-order valence-electron chi connectivity index (χ3n) is 4.51. The van der Waals surface area contributed by atoms with E-state index in [0.717, 1.165) is 6.42 Å². The molecule has 0 aromatic carbocycles. The Bertz CT molecular complexity index is 682. The predicted molar refractivity (Wildman–Crippen MR) is 129 cm³/mol. The number of carbonyl (C=O) groups is 2. The molecule has 0 aromatic heterocycles. The second-order valence-corrected chi connectivity index (χ2v) is 7.48. The van der Waals surface area contributed by atoms with Crippen LogP contribution in [-0.2, 0) is 14.3 Å². The van der Waals surface area contributed by atoms with Crippen molar-refractivity contribution in [3.8, 4) is 0 Å². The summed E-state index contributed by atoms with van der Waals surface area (Å²) >= 11 is 0. The highest BCUT2D eigenvalue weighted by Crippen LogP contribution is 2.13. The maximum Gasteiger partial charge on any atom is 0.322 e. The smallest absolute Gasteiger partial charge is 0.322 e. The van der Waals surface area contributed by atoms with Crippen LogP contribution >= 0.6 is 0 Å². The maximum absolute atomic E-state index is 10.9. The molecule has 6 N–H and O–H groups in total. The fraction of sp³-hybridized carbons (Fsp3) is 0.520. The zero-order chi connectivity index (χ0) is 24.9. The molecule has 4 atom stereocenters. The Morgan fingerprint density at radius 2 is 1.61 bits per heavy atom. The van der Waals surface area contributed by atoms with E-state index in [9.17, 15) is 19.8 Å². The van der Waals surface area contributed by atoms with Gasteiger partial charge >= 0.3 is 11.9 Å². The summed E-state index contributed by atoms with van der Waals surface area (Å²) in [5, 5.41) is 37.7. The summed E-state index contributed by atoms with van der Waals surface area (Å²) < 4.78 is 5.55. The average Bonchev–Trinajstić information content (AvgIpc) is 2.76. The van der Waals surface area contributed by atoms with E-state index < -0.39 is 36.3 Å². The third kappa shape index (κ3) is 18.7. The molecule has 0 spiro atoms. The molecule has 0 bridgehead atoms. The Balaban J connectivity index is 4.58. The molecule has 0 amide bonds. The Labute approximate surface area is 196 Å². The molecule has 33 heavy (non-hydrogen) atoms. The summed E-state index contributed by atoms with van der Waals surface area (Å²) in [6.45, 7) is 1.82. The van der Waals surface area contributed by atoms with E-state index >= 15 is 0 Å². The van der Waals surface area contributed by atoms with Gasteiger partial charge in [0.2, 0.25) is 0 Å². The molecule has 0 rings (SSSR count). The number of hydrogen-bond acceptors (Lipinski definition) is 6. The highest BCUT2D eigenvalue weighted by atomic mass is 16.5. The first-order valence-corrected chi connectivity index (χ1v) is 11.3. The van der Waals surface area contributed by atoms with Crippen molar-refractivity contribution in [1.29, 1.82) is 0 Å². The summed E-state index contributed by atoms with van der Waals surface area (Å²) in [5.41, 5.74) is 5.48. The fourth-order valence-corrected chi connectivity index (χ4v) is 2.63. The van der Waals surface area contributed by atoms with Crippen LogP contribution in [0.15, 0.2) is 60.8 Å². The normalized spacial score (nSPS) is 16.4. The van der Waals surface area contributed by atoms with Crippen LogP contribution in [0.5, 0.6) is 0 Å². The molecule has 0 aliphatic rings. The lowest BCUT2D eigenvalue weighted by molar-refractivity contribution is -0.141. The number of aliphatic hydroxyl groups is 2. The maximum atomic E-state index is 10.9. The quantitative estimate of drug-likeness (QED) is 0.144. The minimum atomic E-state index is -1.18. The molecule has 0 aliphatic heterocycles. The standard InChI is InChI=1S/C25H39NO7/c1-2-3-9-14-20(27)15-10-6-4-5-7-12-17-23(33-19-21(26)25(31)32)22(28)16-11-8-13-18-24(29)30/h3-11,15,20-23,27-28H,2,12-14,16-19,26H2,1H3,(H,29,30)(H,31,32)/b6-4-,7-5+,9-3-,11-8-,15-10+/t20?,21?,22-,23?/m1/s1. The summed E-state index contributed by atoms with van der Waals surface area (Å²) in [4.78, 5) is 21.4. The van der Waals surface area contributed by atoms with E-state index in [1.165, 1.54) is 0 Å². The van der Waals surface area contributed by atoms with E-state index in [2.05, 4.69) is 0 Å². The number of nitrogens with two attached hydrogens (primary N) is 1. The Hall–Kier alpha value is -2.52. The van der Waals surface area contributed by atoms with E-state index in [1.54, 1.807) is 30.4 Å². The topological polar surface area (TPSA) is 150 Å². The minimum absolute atomic E-state index is 0.0162. The molecule has 0 fully saturated rings. The molecule has 3 unspecified atom stereocenters. The second kappa shape index (κ2) is 20.1. The van der Waals surface area contributed by atoms with Crippen molar-refractivity contribution in [3.05, 3.63) is 60.8 Å². The highest BCUT2D eigenvalue weighted by Gasteiger charge is 2.21. The van der Waals surface area contributed by atoms with Gasteiger partial charge in [-0.3, -0.25) is 9.59 Å². The fourth-order valence-electron chi connectivity index (χ4n) is 2.63. The summed E-state index contributed by atoms with van der Waals surface area (Å²) in [7, 11) is 0. The molecule has 0 saturated heterocycles. The first-order valence-electron chi connectivity index (χ1n) is 11.3. The van der Waals surface area contributed by atoms with Crippen molar-refractivity contribution in [2.45, 2.75) is 76.2 Å². The van der Waals surface area contributed by atoms with Crippen molar-refractivity contribution in [2.24, 2.45) is 5.73 Å². The summed E-state index contributed by atoms with van der Waals surface area (Å²) in [5.74, 6) is -2.07. The Kier molecular flexibility index (Phi) is 18.6. The molecule has 0 aromatic rings. The number of hydrogen-bond donors (Lipinski definition) is 5. The number of ether oxygens (including phenoxy) is 1. The van der Waals surface area contributed by atoms with Crippen molar-refractivity contribution >= 4 is 11.9 Å². The Morgan fingerprint density at radius 1 is 0.909 bits per heavy atom. The van der Waals surface area contributed by atoms with Crippen molar-refractivity contribution in [3.63, 3.8) is 0 Å². The van der Waals surface area contributed by atoms with Crippen LogP contribution in [0.3, 0.4) is 0 Å². The monoisotopic (exact) mass is 465 g/mol. The lowest BCUT2D eigenvalue weighted by Gasteiger charge is -2.23. The molecule has 0 saturated carbocycles. The molecule has 186 valence electrons. The van der Waals surface area contributed by atoms with E-state index in [4.69, 9.17) is 20.7 Å². The molecule has 0 aliphatic carbocycles. The lowest BCUT2D eigenvalue weighted by atomic mass is 10.0. The number of rotatable bonds is 19. The van der Waals surface area contributed by atoms with Crippen LogP contribution in [0.4, 0.5) is 0 Å². The van der Waals surface area contributed by atoms with Gasteiger partial charge in [-0.15, -0.1) is 0 Å². The van der Waals surface area contributed by atoms with E-state index in [0.29, 0.717) is 25.7 Å². The van der Waals surface area contributed by atoms with Crippen molar-refractivity contribution < 1.29 is 34.8 Å². The van der Waals surface area contributed by atoms with E-state index in [-0.39, 0.29) is 19.4 Å². The summed E-state index contributed by atoms with van der Waals surface area (Å²) in [6, 6.07) is -1.18. The highest BCUT2D eigenvalue weighted by molar-refractivity contribution is 5.73. The minimum Gasteiger partial charge on any atom is -0.481 e. The van der Waals surface area contributed by atoms with Crippen LogP contribution in [0, 0.1) is 0 Å². The first-order chi connectivity index (χ1) is 15.8. The van der Waals surface area contributed by atoms with Gasteiger partial charge in [-0.2, -0.15) is 0 Å². The number of allylic oxidation sites excluding steroid dienone is 7. The van der Waals surface area contributed by atoms with Gasteiger partial charge in [0.1, 0.15) is 6.04 Å². The summed E-state index contributed by atoms with van der Waals surface area (Å²) in [6.07, 6.45) is 19.4. The van der Waals surface area contributed by atoms with Gasteiger partial charge in [-0.1, -0.05) is 67.7 Å². The number of aliphatic hydroxyl groups excluding tert-OH is 2. The molecular formula is C25H39NO7. The lowest BCUT2D eigenvalue weighted by Crippen LogP contribution is -2.39. The van der Waals surface area contributed by atoms with Gasteiger partial charge in [0.05, 0.1) is 24.9 Å². The molecular weight excluding hydrogens is 426 g/mol. The zero-order valence-electron chi connectivity index (χ0n) is 19.3. The van der Waals surface area contributed by atoms with Gasteiger partial charge in [-0.25, -0.2) is 0 Å². The molecule has 0 heterocycles.